The Bertz CT molecular complexity index is 1070. The number of pyridine rings is 1. The number of nitrogens with one attached hydrogen (secondary N) is 1. The molecule has 0 aliphatic rings. The lowest BCUT2D eigenvalue weighted by Gasteiger charge is -2.27. The van der Waals surface area contributed by atoms with Crippen molar-refractivity contribution in [2.45, 2.75) is 40.3 Å². The Morgan fingerprint density at radius 1 is 1.19 bits per heavy atom. The Hall–Kier alpha value is -3.68. The second-order valence-electron chi connectivity index (χ2n) is 7.12. The van der Waals surface area contributed by atoms with Crippen molar-refractivity contribution in [3.8, 4) is 0 Å². The van der Waals surface area contributed by atoms with Crippen LogP contribution in [0.3, 0.4) is 0 Å². The highest BCUT2D eigenvalue weighted by atomic mass is 16.5. The molecule has 8 nitrogen and oxygen atoms in total. The number of esters is 1. The third-order valence-electron chi connectivity index (χ3n) is 5.06. The van der Waals surface area contributed by atoms with Gasteiger partial charge in [0, 0.05) is 17.5 Å². The van der Waals surface area contributed by atoms with Crippen molar-refractivity contribution in [1.82, 2.24) is 14.9 Å². The molecule has 162 valence electrons. The number of H-pyrrole nitrogens is 1. The van der Waals surface area contributed by atoms with Crippen LogP contribution >= 0.6 is 0 Å². The number of nitrogens with zero attached hydrogens (tertiary/aromatic N) is 2. The number of ether oxygens (including phenoxy) is 1. The molecule has 0 fully saturated rings. The Morgan fingerprint density at radius 3 is 2.58 bits per heavy atom. The predicted molar refractivity (Wildman–Crippen MR) is 113 cm³/mol. The molecule has 3 heterocycles. The first-order chi connectivity index (χ1) is 14.8. The van der Waals surface area contributed by atoms with E-state index in [2.05, 4.69) is 9.97 Å². The van der Waals surface area contributed by atoms with Crippen molar-refractivity contribution in [2.24, 2.45) is 0 Å². The average Bonchev–Trinajstić information content (AvgIpc) is 3.40. The lowest BCUT2D eigenvalue weighted by atomic mass is 9.99. The molecule has 0 spiro atoms. The number of Topliss-reactive ketones (excluding diaryl/α,β-unsaturated/α-hetero) is 1. The van der Waals surface area contributed by atoms with Crippen LogP contribution in [-0.4, -0.2) is 45.2 Å². The van der Waals surface area contributed by atoms with Gasteiger partial charge >= 0.3 is 5.97 Å². The van der Waals surface area contributed by atoms with Gasteiger partial charge in [-0.1, -0.05) is 6.07 Å². The van der Waals surface area contributed by atoms with Crippen molar-refractivity contribution in [3.63, 3.8) is 0 Å². The molecule has 0 unspecified atom stereocenters. The number of carbonyl (C=O) groups excluding carboxylic acids is 3. The van der Waals surface area contributed by atoms with Gasteiger partial charge in [0.2, 0.25) is 0 Å². The monoisotopic (exact) mass is 423 g/mol. The zero-order valence-electron chi connectivity index (χ0n) is 18.0. The van der Waals surface area contributed by atoms with E-state index in [0.29, 0.717) is 22.5 Å². The minimum atomic E-state index is -0.831. The lowest BCUT2D eigenvalue weighted by molar-refractivity contribution is 0.0518. The van der Waals surface area contributed by atoms with Crippen LogP contribution in [-0.2, 0) is 11.3 Å². The maximum atomic E-state index is 13.5. The number of hydrogen-bond acceptors (Lipinski definition) is 6. The fourth-order valence-corrected chi connectivity index (χ4v) is 3.47. The van der Waals surface area contributed by atoms with E-state index in [4.69, 9.17) is 9.15 Å². The molecule has 3 aromatic rings. The highest BCUT2D eigenvalue weighted by molar-refractivity contribution is 6.07. The van der Waals surface area contributed by atoms with Gasteiger partial charge in [-0.05, 0) is 57.5 Å². The summed E-state index contributed by atoms with van der Waals surface area (Å²) in [5.41, 5.74) is 2.28. The molecule has 8 heteroatoms. The summed E-state index contributed by atoms with van der Waals surface area (Å²) in [6.45, 7) is 7.13. The third kappa shape index (κ3) is 4.58. The number of aryl methyl sites for hydroxylation is 1. The largest absolute Gasteiger partial charge is 0.461 e. The normalized spacial score (nSPS) is 11.7. The summed E-state index contributed by atoms with van der Waals surface area (Å²) in [6.07, 6.45) is 3.04. The highest BCUT2D eigenvalue weighted by Gasteiger charge is 2.32. The molecule has 0 aliphatic heterocycles. The van der Waals surface area contributed by atoms with E-state index in [1.165, 1.54) is 11.2 Å². The average molecular weight is 423 g/mol. The topological polar surface area (TPSA) is 106 Å². The van der Waals surface area contributed by atoms with Crippen LogP contribution < -0.4 is 0 Å². The van der Waals surface area contributed by atoms with E-state index in [1.807, 2.05) is 6.07 Å². The minimum Gasteiger partial charge on any atom is -0.461 e. The maximum absolute atomic E-state index is 13.5. The molecule has 0 aromatic carbocycles. The van der Waals surface area contributed by atoms with Crippen LogP contribution in [0.25, 0.3) is 0 Å². The first-order valence-corrected chi connectivity index (χ1v) is 10.00. The van der Waals surface area contributed by atoms with Gasteiger partial charge in [0.05, 0.1) is 31.2 Å². The van der Waals surface area contributed by atoms with Crippen molar-refractivity contribution in [1.29, 1.82) is 0 Å². The molecular formula is C23H25N3O5. The quantitative estimate of drug-likeness (QED) is 0.437. The van der Waals surface area contributed by atoms with Crippen LogP contribution in [0.1, 0.15) is 62.2 Å². The second-order valence-corrected chi connectivity index (χ2v) is 7.12. The molecule has 0 aliphatic carbocycles. The summed E-state index contributed by atoms with van der Waals surface area (Å²) in [6, 6.07) is 7.71. The van der Waals surface area contributed by atoms with E-state index >= 15 is 0 Å². The number of ketones is 1. The number of aromatic amines is 1. The zero-order chi connectivity index (χ0) is 22.5. The van der Waals surface area contributed by atoms with Gasteiger partial charge in [-0.15, -0.1) is 0 Å². The van der Waals surface area contributed by atoms with Crippen LogP contribution in [0, 0.1) is 13.8 Å². The van der Waals surface area contributed by atoms with Crippen LogP contribution in [0.5, 0.6) is 0 Å². The smallest absolute Gasteiger partial charge is 0.355 e. The molecule has 1 N–H and O–H groups in total. The first kappa shape index (κ1) is 22.0. The fourth-order valence-electron chi connectivity index (χ4n) is 3.47. The summed E-state index contributed by atoms with van der Waals surface area (Å²) in [7, 11) is 0. The number of aromatic nitrogens is 2. The van der Waals surface area contributed by atoms with E-state index in [0.717, 1.165) is 0 Å². The summed E-state index contributed by atoms with van der Waals surface area (Å²) in [5, 5.41) is 0. The van der Waals surface area contributed by atoms with Gasteiger partial charge in [0.1, 0.15) is 5.69 Å². The molecule has 0 radical (unpaired) electrons. The SMILES string of the molecule is CCOC(=O)c1[nH]c(C)c(C(=O)[C@@H](C)N(Cc2ccccn2)C(=O)c2ccco2)c1C. The Balaban J connectivity index is 1.95. The van der Waals surface area contributed by atoms with Crippen molar-refractivity contribution in [2.75, 3.05) is 6.61 Å². The lowest BCUT2D eigenvalue weighted by Crippen LogP contribution is -2.43. The molecule has 0 saturated carbocycles. The number of carbonyl (C=O) groups is 3. The molecular weight excluding hydrogens is 398 g/mol. The van der Waals surface area contributed by atoms with Crippen molar-refractivity contribution >= 4 is 17.7 Å². The maximum Gasteiger partial charge on any atom is 0.355 e. The number of furan rings is 1. The highest BCUT2D eigenvalue weighted by Crippen LogP contribution is 2.23. The number of amides is 1. The fraction of sp³-hybridized carbons (Fsp3) is 0.304. The Kier molecular flexibility index (Phi) is 6.69. The Morgan fingerprint density at radius 2 is 1.97 bits per heavy atom. The summed E-state index contributed by atoms with van der Waals surface area (Å²) >= 11 is 0. The predicted octanol–water partition coefficient (Wildman–Crippen LogP) is 3.71. The summed E-state index contributed by atoms with van der Waals surface area (Å²) in [4.78, 5) is 47.4. The van der Waals surface area contributed by atoms with Gasteiger partial charge < -0.3 is 19.0 Å². The van der Waals surface area contributed by atoms with Gasteiger partial charge in [-0.3, -0.25) is 14.6 Å². The number of hydrogen-bond donors (Lipinski definition) is 1. The zero-order valence-corrected chi connectivity index (χ0v) is 18.0. The van der Waals surface area contributed by atoms with Gasteiger partial charge in [-0.25, -0.2) is 4.79 Å². The van der Waals surface area contributed by atoms with Gasteiger partial charge in [-0.2, -0.15) is 0 Å². The molecule has 3 rings (SSSR count). The standard InChI is InChI=1S/C23H25N3O5/c1-5-30-23(29)20-14(2)19(15(3)25-20)21(27)16(4)26(13-17-9-6-7-11-24-17)22(28)18-10-8-12-31-18/h6-12,16,25H,5,13H2,1-4H3/t16-/m1/s1. The second kappa shape index (κ2) is 9.42. The van der Waals surface area contributed by atoms with E-state index < -0.39 is 17.9 Å². The Labute approximate surface area is 180 Å². The van der Waals surface area contributed by atoms with Gasteiger partial charge in [0.15, 0.2) is 11.5 Å². The van der Waals surface area contributed by atoms with E-state index in [9.17, 15) is 14.4 Å². The van der Waals surface area contributed by atoms with E-state index in [1.54, 1.807) is 58.2 Å². The van der Waals surface area contributed by atoms with Crippen molar-refractivity contribution in [3.05, 3.63) is 76.8 Å². The van der Waals surface area contributed by atoms with Crippen LogP contribution in [0.2, 0.25) is 0 Å². The number of rotatable bonds is 8. The van der Waals surface area contributed by atoms with Gasteiger partial charge in [0.25, 0.3) is 5.91 Å². The molecule has 0 saturated heterocycles. The molecule has 1 atom stereocenters. The first-order valence-electron chi connectivity index (χ1n) is 10.00. The summed E-state index contributed by atoms with van der Waals surface area (Å²) < 4.78 is 10.3. The van der Waals surface area contributed by atoms with Crippen LogP contribution in [0.4, 0.5) is 0 Å². The molecule has 1 amide bonds. The summed E-state index contributed by atoms with van der Waals surface area (Å²) in [5.74, 6) is -1.11. The minimum absolute atomic E-state index is 0.126. The third-order valence-corrected chi connectivity index (χ3v) is 5.06. The van der Waals surface area contributed by atoms with Crippen molar-refractivity contribution < 1.29 is 23.5 Å². The van der Waals surface area contributed by atoms with E-state index in [-0.39, 0.29) is 30.4 Å². The molecule has 31 heavy (non-hydrogen) atoms. The molecule has 3 aromatic heterocycles. The van der Waals surface area contributed by atoms with Crippen LogP contribution in [0.15, 0.2) is 47.2 Å². The molecule has 0 bridgehead atoms.